The van der Waals surface area contributed by atoms with E-state index in [4.69, 9.17) is 23.7 Å². The van der Waals surface area contributed by atoms with Gasteiger partial charge in [-0.15, -0.1) is 0 Å². The van der Waals surface area contributed by atoms with Crippen molar-refractivity contribution in [3.63, 3.8) is 0 Å². The van der Waals surface area contributed by atoms with Crippen LogP contribution in [-0.4, -0.2) is 61.5 Å². The Hall–Kier alpha value is -4.34. The zero-order valence-corrected chi connectivity index (χ0v) is 20.5. The molecule has 1 fully saturated rings. The van der Waals surface area contributed by atoms with Gasteiger partial charge in [-0.1, -0.05) is 54.6 Å². The maximum atomic E-state index is 13.1. The fraction of sp³-hybridized carbons (Fsp3) is 0.241. The van der Waals surface area contributed by atoms with E-state index < -0.39 is 48.6 Å². The van der Waals surface area contributed by atoms with Gasteiger partial charge in [-0.05, 0) is 43.3 Å². The molecule has 196 valence electrons. The first-order valence-corrected chi connectivity index (χ1v) is 12.0. The Bertz CT molecular complexity index is 1230. The molecule has 0 aromatic heterocycles. The minimum absolute atomic E-state index is 0.228. The van der Waals surface area contributed by atoms with Gasteiger partial charge in [0.15, 0.2) is 24.6 Å². The third kappa shape index (κ3) is 6.50. The summed E-state index contributed by atoms with van der Waals surface area (Å²) in [5.74, 6) is -2.17. The SMILES string of the molecule is C[C@@H]1O[C@@H](OCC=O)[C@@H](OC(=O)c2ccccc2)[C@H](OC(=O)c2ccccc2)[C@@H]1OC(=O)c1ccccc1. The molecule has 0 N–H and O–H groups in total. The molecule has 3 aromatic carbocycles. The molecule has 0 radical (unpaired) electrons. The Morgan fingerprint density at radius 3 is 1.47 bits per heavy atom. The number of hydrogen-bond donors (Lipinski definition) is 0. The second kappa shape index (κ2) is 12.8. The lowest BCUT2D eigenvalue weighted by molar-refractivity contribution is -0.288. The molecule has 9 heteroatoms. The summed E-state index contributed by atoms with van der Waals surface area (Å²) < 4.78 is 28.7. The van der Waals surface area contributed by atoms with Crippen LogP contribution in [0.1, 0.15) is 38.0 Å². The van der Waals surface area contributed by atoms with Gasteiger partial charge in [0, 0.05) is 0 Å². The zero-order valence-electron chi connectivity index (χ0n) is 20.5. The van der Waals surface area contributed by atoms with Crippen LogP contribution < -0.4 is 0 Å². The van der Waals surface area contributed by atoms with Gasteiger partial charge < -0.3 is 28.5 Å². The molecule has 0 spiro atoms. The first kappa shape index (κ1) is 26.7. The van der Waals surface area contributed by atoms with Crippen molar-refractivity contribution in [1.82, 2.24) is 0 Å². The molecule has 4 rings (SSSR count). The van der Waals surface area contributed by atoms with Crippen molar-refractivity contribution in [3.8, 4) is 0 Å². The highest BCUT2D eigenvalue weighted by Gasteiger charge is 2.51. The monoisotopic (exact) mass is 518 g/mol. The lowest BCUT2D eigenvalue weighted by atomic mass is 9.98. The van der Waals surface area contributed by atoms with E-state index in [1.807, 2.05) is 0 Å². The molecule has 1 heterocycles. The molecule has 1 aliphatic rings. The van der Waals surface area contributed by atoms with Crippen molar-refractivity contribution >= 4 is 24.2 Å². The van der Waals surface area contributed by atoms with Gasteiger partial charge in [-0.3, -0.25) is 0 Å². The summed E-state index contributed by atoms with van der Waals surface area (Å²) in [5, 5.41) is 0. The van der Waals surface area contributed by atoms with Crippen LogP contribution in [0.4, 0.5) is 0 Å². The number of carbonyl (C=O) groups excluding carboxylic acids is 4. The average Bonchev–Trinajstić information content (AvgIpc) is 2.96. The minimum atomic E-state index is -1.37. The van der Waals surface area contributed by atoms with Crippen LogP contribution in [0.5, 0.6) is 0 Å². The molecule has 0 saturated carbocycles. The van der Waals surface area contributed by atoms with Gasteiger partial charge in [0.1, 0.15) is 12.9 Å². The van der Waals surface area contributed by atoms with Crippen molar-refractivity contribution in [3.05, 3.63) is 108 Å². The number of hydrogen-bond acceptors (Lipinski definition) is 9. The Morgan fingerprint density at radius 1 is 0.658 bits per heavy atom. The molecular weight excluding hydrogens is 492 g/mol. The second-order valence-corrected chi connectivity index (χ2v) is 8.42. The largest absolute Gasteiger partial charge is 0.452 e. The van der Waals surface area contributed by atoms with Crippen LogP contribution in [0.2, 0.25) is 0 Å². The summed E-state index contributed by atoms with van der Waals surface area (Å²) >= 11 is 0. The molecule has 1 aliphatic heterocycles. The standard InChI is InChI=1S/C29H26O9/c1-19-23(36-26(31)20-11-5-2-6-12-20)24(37-27(32)21-13-7-3-8-14-21)25(29(35-19)34-18-17-30)38-28(33)22-15-9-4-10-16-22/h2-17,19,23-25,29H,18H2,1H3/t19-,23+,24+,25-,29+/m0/s1. The molecule has 9 nitrogen and oxygen atoms in total. The molecule has 3 aromatic rings. The smallest absolute Gasteiger partial charge is 0.338 e. The number of esters is 3. The number of rotatable bonds is 9. The molecule has 5 atom stereocenters. The Balaban J connectivity index is 1.68. The fourth-order valence-electron chi connectivity index (χ4n) is 3.96. The predicted octanol–water partition coefficient (Wildman–Crippen LogP) is 3.62. The molecular formula is C29H26O9. The lowest BCUT2D eigenvalue weighted by Gasteiger charge is -2.43. The summed E-state index contributed by atoms with van der Waals surface area (Å²) in [6, 6.07) is 24.6. The highest BCUT2D eigenvalue weighted by atomic mass is 16.7. The highest BCUT2D eigenvalue weighted by Crippen LogP contribution is 2.31. The van der Waals surface area contributed by atoms with E-state index >= 15 is 0 Å². The average molecular weight is 519 g/mol. The molecule has 0 amide bonds. The molecule has 38 heavy (non-hydrogen) atoms. The van der Waals surface area contributed by atoms with Crippen LogP contribution in [0.3, 0.4) is 0 Å². The van der Waals surface area contributed by atoms with E-state index in [-0.39, 0.29) is 23.3 Å². The van der Waals surface area contributed by atoms with Crippen LogP contribution in [0, 0.1) is 0 Å². The molecule has 0 aliphatic carbocycles. The van der Waals surface area contributed by atoms with E-state index in [1.165, 1.54) is 0 Å². The third-order valence-corrected chi connectivity index (χ3v) is 5.81. The topological polar surface area (TPSA) is 114 Å². The first-order valence-electron chi connectivity index (χ1n) is 12.0. The van der Waals surface area contributed by atoms with Crippen LogP contribution in [0.25, 0.3) is 0 Å². The van der Waals surface area contributed by atoms with Crippen molar-refractivity contribution < 1.29 is 42.9 Å². The summed E-state index contributed by atoms with van der Waals surface area (Å²) in [4.78, 5) is 50.1. The van der Waals surface area contributed by atoms with E-state index in [0.29, 0.717) is 6.29 Å². The van der Waals surface area contributed by atoms with E-state index in [1.54, 1.807) is 97.9 Å². The minimum Gasteiger partial charge on any atom is -0.452 e. The summed E-state index contributed by atoms with van der Waals surface area (Å²) in [5.41, 5.74) is 0.731. The Kier molecular flexibility index (Phi) is 8.97. The number of benzene rings is 3. The van der Waals surface area contributed by atoms with Crippen molar-refractivity contribution in [2.24, 2.45) is 0 Å². The molecule has 0 unspecified atom stereocenters. The fourth-order valence-corrected chi connectivity index (χ4v) is 3.96. The number of carbonyl (C=O) groups is 4. The van der Waals surface area contributed by atoms with Gasteiger partial charge in [-0.25, -0.2) is 14.4 Å². The second-order valence-electron chi connectivity index (χ2n) is 8.42. The maximum Gasteiger partial charge on any atom is 0.338 e. The van der Waals surface area contributed by atoms with Gasteiger partial charge in [0.2, 0.25) is 0 Å². The van der Waals surface area contributed by atoms with Gasteiger partial charge in [-0.2, -0.15) is 0 Å². The van der Waals surface area contributed by atoms with Gasteiger partial charge >= 0.3 is 17.9 Å². The quantitative estimate of drug-likeness (QED) is 0.238. The van der Waals surface area contributed by atoms with Gasteiger partial charge in [0.25, 0.3) is 0 Å². The predicted molar refractivity (Wildman–Crippen MR) is 133 cm³/mol. The van der Waals surface area contributed by atoms with Crippen LogP contribution >= 0.6 is 0 Å². The van der Waals surface area contributed by atoms with Crippen LogP contribution in [0.15, 0.2) is 91.0 Å². The summed E-state index contributed by atoms with van der Waals surface area (Å²) in [6.45, 7) is 1.23. The molecule has 1 saturated heterocycles. The number of ether oxygens (including phenoxy) is 5. The lowest BCUT2D eigenvalue weighted by Crippen LogP contribution is -2.61. The Labute approximate surface area is 219 Å². The van der Waals surface area contributed by atoms with E-state index in [2.05, 4.69) is 0 Å². The van der Waals surface area contributed by atoms with E-state index in [0.717, 1.165) is 0 Å². The molecule has 0 bridgehead atoms. The summed E-state index contributed by atoms with van der Waals surface area (Å²) in [7, 11) is 0. The van der Waals surface area contributed by atoms with Gasteiger partial charge in [0.05, 0.1) is 22.8 Å². The Morgan fingerprint density at radius 2 is 1.05 bits per heavy atom. The normalized spacial score (nSPS) is 22.6. The van der Waals surface area contributed by atoms with Crippen molar-refractivity contribution in [2.45, 2.75) is 37.6 Å². The summed E-state index contributed by atoms with van der Waals surface area (Å²) in [6.07, 6.45) is -5.53. The van der Waals surface area contributed by atoms with Crippen molar-refractivity contribution in [2.75, 3.05) is 6.61 Å². The highest BCUT2D eigenvalue weighted by molar-refractivity contribution is 5.91. The third-order valence-electron chi connectivity index (χ3n) is 5.81. The zero-order chi connectivity index (χ0) is 26.9. The van der Waals surface area contributed by atoms with E-state index in [9.17, 15) is 19.2 Å². The maximum absolute atomic E-state index is 13.1. The van der Waals surface area contributed by atoms with Crippen LogP contribution in [-0.2, 0) is 28.5 Å². The number of aldehydes is 1. The van der Waals surface area contributed by atoms with Crippen molar-refractivity contribution in [1.29, 1.82) is 0 Å². The first-order chi connectivity index (χ1) is 18.5.